The van der Waals surface area contributed by atoms with E-state index in [0.717, 1.165) is 42.9 Å². The molecule has 6 atom stereocenters. The highest BCUT2D eigenvalue weighted by Gasteiger charge is 2.54. The third-order valence-electron chi connectivity index (χ3n) is 7.01. The number of piperidine rings is 1. The Morgan fingerprint density at radius 1 is 1.15 bits per heavy atom. The molecule has 2 N–H and O–H groups in total. The summed E-state index contributed by atoms with van der Waals surface area (Å²) in [4.78, 5) is 6.63. The van der Waals surface area contributed by atoms with E-state index in [1.165, 1.54) is 0 Å². The van der Waals surface area contributed by atoms with Gasteiger partial charge in [-0.15, -0.1) is 0 Å². The molecule has 5 rings (SSSR count). The van der Waals surface area contributed by atoms with Gasteiger partial charge in [-0.25, -0.2) is 4.98 Å². The van der Waals surface area contributed by atoms with Crippen LogP contribution in [0.15, 0.2) is 47.2 Å². The number of fused-ring (bicyclic) bond motifs is 1. The number of aliphatic hydroxyl groups is 2. The van der Waals surface area contributed by atoms with Crippen molar-refractivity contribution < 1.29 is 14.7 Å². The van der Waals surface area contributed by atoms with Gasteiger partial charge in [-0.3, -0.25) is 0 Å². The van der Waals surface area contributed by atoms with E-state index in [4.69, 9.17) is 4.52 Å². The lowest BCUT2D eigenvalue weighted by Gasteiger charge is -2.19. The van der Waals surface area contributed by atoms with Crippen LogP contribution in [-0.4, -0.2) is 55.6 Å². The molecule has 3 heterocycles. The number of hydrogen-bond acceptors (Lipinski definition) is 6. The summed E-state index contributed by atoms with van der Waals surface area (Å²) < 4.78 is 7.62. The van der Waals surface area contributed by atoms with E-state index in [1.54, 1.807) is 13.1 Å². The van der Waals surface area contributed by atoms with Crippen LogP contribution in [0, 0.1) is 29.6 Å². The molecule has 2 aromatic heterocycles. The number of aliphatic hydroxyl groups excluding tert-OH is 2. The van der Waals surface area contributed by atoms with Crippen LogP contribution in [0.25, 0.3) is 11.3 Å². The van der Waals surface area contributed by atoms with Crippen molar-refractivity contribution in [3.63, 3.8) is 0 Å². The average molecular weight is 461 g/mol. The summed E-state index contributed by atoms with van der Waals surface area (Å²) in [6.45, 7) is 8.51. The molecule has 1 aliphatic heterocycles. The van der Waals surface area contributed by atoms with Crippen LogP contribution in [0.3, 0.4) is 0 Å². The molecule has 7 heteroatoms. The largest absolute Gasteiger partial charge is 0.392 e. The van der Waals surface area contributed by atoms with Crippen LogP contribution in [0.2, 0.25) is 0 Å². The summed E-state index contributed by atoms with van der Waals surface area (Å²) in [5, 5.41) is 23.9. The lowest BCUT2D eigenvalue weighted by Crippen LogP contribution is -2.31. The monoisotopic (exact) mass is 460 g/mol. The van der Waals surface area contributed by atoms with Crippen LogP contribution in [0.4, 0.5) is 0 Å². The average Bonchev–Trinajstić information content (AvgIpc) is 3.31. The second-order valence-corrected chi connectivity index (χ2v) is 9.68. The number of hydrogen-bond donors (Lipinski definition) is 2. The van der Waals surface area contributed by atoms with Gasteiger partial charge in [0.1, 0.15) is 17.6 Å². The molecule has 0 bridgehead atoms. The maximum Gasteiger partial charge on any atom is 0.167 e. The van der Waals surface area contributed by atoms with Gasteiger partial charge in [0, 0.05) is 55.1 Å². The Morgan fingerprint density at radius 3 is 2.53 bits per heavy atom. The van der Waals surface area contributed by atoms with Gasteiger partial charge in [-0.05, 0) is 56.4 Å². The molecule has 0 spiro atoms. The van der Waals surface area contributed by atoms with Crippen LogP contribution >= 0.6 is 0 Å². The minimum atomic E-state index is -0.650. The Hall–Kier alpha value is -2.92. The Kier molecular flexibility index (Phi) is 6.30. The van der Waals surface area contributed by atoms with Gasteiger partial charge in [0.15, 0.2) is 5.76 Å². The highest BCUT2D eigenvalue weighted by atomic mass is 16.5. The predicted molar refractivity (Wildman–Crippen MR) is 129 cm³/mol. The SMILES string of the molecule is CC[C@H](c1cc(-c2ccc(C#CC3[C@H]4CN(C[C@H](C)O)C[C@@H]34)cc2)on1)n1ccnc1[C@H](C)O. The quantitative estimate of drug-likeness (QED) is 0.525. The third-order valence-corrected chi connectivity index (χ3v) is 7.01. The van der Waals surface area contributed by atoms with Gasteiger partial charge >= 0.3 is 0 Å². The Labute approximate surface area is 200 Å². The molecule has 2 fully saturated rings. The van der Waals surface area contributed by atoms with Crippen molar-refractivity contribution in [3.8, 4) is 23.2 Å². The number of likely N-dealkylation sites (tertiary alicyclic amines) is 1. The van der Waals surface area contributed by atoms with Gasteiger partial charge < -0.3 is 24.2 Å². The standard InChI is InChI=1S/C27H32N4O3/c1-4-25(31-12-11-28-27(31)18(3)33)24-13-26(34-29-24)20-8-5-19(6-9-20)7-10-21-22-15-30(14-17(2)32)16-23(21)22/h5-6,8-9,11-13,17-18,21-23,25,32-33H,4,14-16H2,1-3H3/t17-,18-,21?,22-,23+,25+/m0/s1. The fourth-order valence-electron chi connectivity index (χ4n) is 5.28. The number of β-amino-alcohol motifs (C(OH)–C–C–N with tert-alkyl or cyclic N) is 1. The van der Waals surface area contributed by atoms with Gasteiger partial charge in [0.25, 0.3) is 0 Å². The van der Waals surface area contributed by atoms with Crippen molar-refractivity contribution in [1.82, 2.24) is 19.6 Å². The number of rotatable bonds is 7. The van der Waals surface area contributed by atoms with Gasteiger partial charge in [-0.1, -0.05) is 23.9 Å². The lowest BCUT2D eigenvalue weighted by molar-refractivity contribution is 0.132. The highest BCUT2D eigenvalue weighted by molar-refractivity contribution is 5.59. The first-order valence-corrected chi connectivity index (χ1v) is 12.1. The lowest BCUT2D eigenvalue weighted by atomic mass is 10.1. The van der Waals surface area contributed by atoms with Crippen LogP contribution in [0.1, 0.15) is 56.4 Å². The van der Waals surface area contributed by atoms with Crippen molar-refractivity contribution in [2.45, 2.75) is 45.4 Å². The topological polar surface area (TPSA) is 87.5 Å². The zero-order valence-electron chi connectivity index (χ0n) is 19.9. The molecule has 1 unspecified atom stereocenters. The fraction of sp³-hybridized carbons (Fsp3) is 0.481. The Morgan fingerprint density at radius 2 is 1.88 bits per heavy atom. The molecule has 0 radical (unpaired) electrons. The summed E-state index contributed by atoms with van der Waals surface area (Å²) >= 11 is 0. The minimum absolute atomic E-state index is 0.0516. The normalized spacial score (nSPS) is 24.2. The number of nitrogens with zero attached hydrogens (tertiary/aromatic N) is 4. The molecule has 3 aromatic rings. The number of benzene rings is 1. The van der Waals surface area contributed by atoms with E-state index < -0.39 is 6.10 Å². The van der Waals surface area contributed by atoms with E-state index in [2.05, 4.69) is 33.8 Å². The first-order chi connectivity index (χ1) is 16.4. The molecule has 7 nitrogen and oxygen atoms in total. The van der Waals surface area contributed by atoms with E-state index in [0.29, 0.717) is 29.3 Å². The smallest absolute Gasteiger partial charge is 0.167 e. The molecule has 2 aliphatic rings. The predicted octanol–water partition coefficient (Wildman–Crippen LogP) is 3.50. The molecule has 178 valence electrons. The van der Waals surface area contributed by atoms with Gasteiger partial charge in [0.2, 0.25) is 0 Å². The van der Waals surface area contributed by atoms with E-state index in [9.17, 15) is 10.2 Å². The van der Waals surface area contributed by atoms with Crippen LogP contribution in [0.5, 0.6) is 0 Å². The number of aromatic nitrogens is 3. The molecule has 1 aromatic carbocycles. The zero-order chi connectivity index (χ0) is 23.8. The Balaban J connectivity index is 1.24. The summed E-state index contributed by atoms with van der Waals surface area (Å²) in [5.41, 5.74) is 2.77. The van der Waals surface area contributed by atoms with Gasteiger partial charge in [0.05, 0.1) is 12.1 Å². The maximum atomic E-state index is 10.0. The first-order valence-electron chi connectivity index (χ1n) is 12.1. The Bertz CT molecular complexity index is 1170. The molecule has 0 amide bonds. The first kappa shape index (κ1) is 22.9. The van der Waals surface area contributed by atoms with Crippen molar-refractivity contribution in [2.24, 2.45) is 17.8 Å². The highest BCUT2D eigenvalue weighted by Crippen LogP contribution is 2.51. The van der Waals surface area contributed by atoms with E-state index in [1.807, 2.05) is 48.0 Å². The van der Waals surface area contributed by atoms with Crippen LogP contribution < -0.4 is 0 Å². The summed E-state index contributed by atoms with van der Waals surface area (Å²) in [6, 6.07) is 10.0. The fourth-order valence-corrected chi connectivity index (χ4v) is 5.28. The van der Waals surface area contributed by atoms with Crippen LogP contribution in [-0.2, 0) is 0 Å². The van der Waals surface area contributed by atoms with Crippen molar-refractivity contribution in [3.05, 3.63) is 59.8 Å². The molecular formula is C27H32N4O3. The summed E-state index contributed by atoms with van der Waals surface area (Å²) in [7, 11) is 0. The third kappa shape index (κ3) is 4.54. The van der Waals surface area contributed by atoms with Crippen molar-refractivity contribution >= 4 is 0 Å². The zero-order valence-corrected chi connectivity index (χ0v) is 19.9. The van der Waals surface area contributed by atoms with E-state index in [-0.39, 0.29) is 12.1 Å². The van der Waals surface area contributed by atoms with Crippen molar-refractivity contribution in [1.29, 1.82) is 0 Å². The molecule has 1 saturated heterocycles. The molecule has 1 aliphatic carbocycles. The molecular weight excluding hydrogens is 428 g/mol. The maximum absolute atomic E-state index is 10.0. The van der Waals surface area contributed by atoms with Gasteiger partial charge in [-0.2, -0.15) is 0 Å². The number of imidazole rings is 1. The molecule has 1 saturated carbocycles. The summed E-state index contributed by atoms with van der Waals surface area (Å²) in [6.07, 6.45) is 3.46. The van der Waals surface area contributed by atoms with Crippen molar-refractivity contribution in [2.75, 3.05) is 19.6 Å². The summed E-state index contributed by atoms with van der Waals surface area (Å²) in [5.74, 6) is 9.94. The molecule has 34 heavy (non-hydrogen) atoms. The van der Waals surface area contributed by atoms with E-state index >= 15 is 0 Å². The minimum Gasteiger partial charge on any atom is -0.392 e. The second-order valence-electron chi connectivity index (χ2n) is 9.68. The second kappa shape index (κ2) is 9.38.